The predicted molar refractivity (Wildman–Crippen MR) is 86.9 cm³/mol. The minimum Gasteiger partial charge on any atom is -0.358 e. The summed E-state index contributed by atoms with van der Waals surface area (Å²) in [5.74, 6) is 0. The smallest absolute Gasteiger partial charge is 0.171 e. The second kappa shape index (κ2) is 6.05. The Labute approximate surface area is 125 Å². The van der Waals surface area contributed by atoms with Crippen LogP contribution < -0.4 is 10.6 Å². The van der Waals surface area contributed by atoms with Crippen LogP contribution in [0, 0.1) is 20.8 Å². The molecule has 0 amide bonds. The van der Waals surface area contributed by atoms with Crippen LogP contribution in [0.5, 0.6) is 0 Å². The topological polar surface area (TPSA) is 41.9 Å². The van der Waals surface area contributed by atoms with E-state index < -0.39 is 0 Å². The van der Waals surface area contributed by atoms with Crippen molar-refractivity contribution >= 4 is 23.0 Å². The first kappa shape index (κ1) is 14.5. The number of anilines is 1. The average Bonchev–Trinajstić information content (AvgIpc) is 2.69. The summed E-state index contributed by atoms with van der Waals surface area (Å²) >= 11 is 5.33. The van der Waals surface area contributed by atoms with Crippen molar-refractivity contribution < 1.29 is 0 Å². The second-order valence-corrected chi connectivity index (χ2v) is 5.45. The summed E-state index contributed by atoms with van der Waals surface area (Å²) in [6, 6.07) is 6.26. The van der Waals surface area contributed by atoms with Gasteiger partial charge in [0.2, 0.25) is 0 Å². The summed E-state index contributed by atoms with van der Waals surface area (Å²) in [5, 5.41) is 11.4. The van der Waals surface area contributed by atoms with Crippen molar-refractivity contribution in [3.63, 3.8) is 0 Å². The summed E-state index contributed by atoms with van der Waals surface area (Å²) in [6.07, 6.45) is 2.00. The van der Waals surface area contributed by atoms with Gasteiger partial charge in [0.25, 0.3) is 0 Å². The quantitative estimate of drug-likeness (QED) is 0.852. The zero-order chi connectivity index (χ0) is 14.7. The second-order valence-electron chi connectivity index (χ2n) is 5.04. The highest BCUT2D eigenvalue weighted by Crippen LogP contribution is 2.15. The van der Waals surface area contributed by atoms with Crippen LogP contribution in [0.25, 0.3) is 0 Å². The third-order valence-corrected chi connectivity index (χ3v) is 3.43. The summed E-state index contributed by atoms with van der Waals surface area (Å²) in [7, 11) is 1.92. The van der Waals surface area contributed by atoms with Crippen LogP contribution in [0.2, 0.25) is 0 Å². The predicted octanol–water partition coefficient (Wildman–Crippen LogP) is 2.83. The molecule has 0 saturated heterocycles. The first-order valence-electron chi connectivity index (χ1n) is 6.57. The highest BCUT2D eigenvalue weighted by atomic mass is 32.1. The zero-order valence-corrected chi connectivity index (χ0v) is 13.1. The molecule has 0 saturated carbocycles. The number of rotatable bonds is 3. The van der Waals surface area contributed by atoms with Crippen molar-refractivity contribution in [2.45, 2.75) is 27.3 Å². The van der Waals surface area contributed by atoms with Crippen LogP contribution >= 0.6 is 12.2 Å². The molecule has 0 radical (unpaired) electrons. The molecular weight excluding hydrogens is 268 g/mol. The van der Waals surface area contributed by atoms with Gasteiger partial charge in [-0.3, -0.25) is 4.68 Å². The lowest BCUT2D eigenvalue weighted by Crippen LogP contribution is -2.28. The number of hydrogen-bond donors (Lipinski definition) is 2. The Morgan fingerprint density at radius 1 is 1.30 bits per heavy atom. The van der Waals surface area contributed by atoms with E-state index >= 15 is 0 Å². The van der Waals surface area contributed by atoms with E-state index in [9.17, 15) is 0 Å². The van der Waals surface area contributed by atoms with Crippen molar-refractivity contribution in [3.8, 4) is 0 Å². The Bertz CT molecular complexity index is 631. The van der Waals surface area contributed by atoms with Gasteiger partial charge in [0, 0.05) is 31.0 Å². The highest BCUT2D eigenvalue weighted by molar-refractivity contribution is 7.80. The fraction of sp³-hybridized carbons (Fsp3) is 0.333. The lowest BCUT2D eigenvalue weighted by molar-refractivity contribution is 0.756. The minimum atomic E-state index is 0.625. The van der Waals surface area contributed by atoms with Crippen LogP contribution in [-0.2, 0) is 13.6 Å². The van der Waals surface area contributed by atoms with Crippen molar-refractivity contribution in [1.82, 2.24) is 15.1 Å². The minimum absolute atomic E-state index is 0.625. The van der Waals surface area contributed by atoms with Gasteiger partial charge in [0.15, 0.2) is 5.11 Å². The summed E-state index contributed by atoms with van der Waals surface area (Å²) in [5.41, 5.74) is 5.65. The van der Waals surface area contributed by atoms with E-state index in [4.69, 9.17) is 12.2 Å². The number of aryl methyl sites for hydroxylation is 4. The molecule has 2 rings (SSSR count). The molecule has 2 N–H and O–H groups in total. The van der Waals surface area contributed by atoms with Gasteiger partial charge in [-0.2, -0.15) is 5.10 Å². The Balaban J connectivity index is 1.94. The molecule has 0 spiro atoms. The number of thiocarbonyl (C=S) groups is 1. The molecule has 20 heavy (non-hydrogen) atoms. The lowest BCUT2D eigenvalue weighted by atomic mass is 10.1. The number of nitrogens with one attached hydrogen (secondary N) is 2. The Morgan fingerprint density at radius 2 is 2.05 bits per heavy atom. The van der Waals surface area contributed by atoms with Gasteiger partial charge in [-0.05, 0) is 44.6 Å². The van der Waals surface area contributed by atoms with E-state index in [2.05, 4.69) is 41.7 Å². The van der Waals surface area contributed by atoms with Gasteiger partial charge in [-0.25, -0.2) is 0 Å². The zero-order valence-electron chi connectivity index (χ0n) is 12.3. The van der Waals surface area contributed by atoms with Crippen molar-refractivity contribution in [1.29, 1.82) is 0 Å². The molecule has 1 heterocycles. The first-order valence-corrected chi connectivity index (χ1v) is 6.98. The number of nitrogens with zero attached hydrogens (tertiary/aromatic N) is 2. The molecule has 106 valence electrons. The van der Waals surface area contributed by atoms with Gasteiger partial charge >= 0.3 is 0 Å². The van der Waals surface area contributed by atoms with Gasteiger partial charge in [-0.15, -0.1) is 0 Å². The standard InChI is InChI=1S/C15H20N4S/c1-10-5-6-14(11(2)7-10)17-15(20)16-8-13-9-19(4)18-12(13)3/h5-7,9H,8H2,1-4H3,(H2,16,17,20). The Kier molecular flexibility index (Phi) is 4.39. The molecule has 1 aromatic carbocycles. The molecule has 0 atom stereocenters. The van der Waals surface area contributed by atoms with E-state index in [0.717, 1.165) is 16.9 Å². The van der Waals surface area contributed by atoms with Crippen LogP contribution in [0.3, 0.4) is 0 Å². The van der Waals surface area contributed by atoms with Crippen LogP contribution in [-0.4, -0.2) is 14.9 Å². The van der Waals surface area contributed by atoms with E-state index in [0.29, 0.717) is 11.7 Å². The third-order valence-electron chi connectivity index (χ3n) is 3.18. The van der Waals surface area contributed by atoms with E-state index in [1.807, 2.05) is 30.9 Å². The van der Waals surface area contributed by atoms with Crippen LogP contribution in [0.4, 0.5) is 5.69 Å². The van der Waals surface area contributed by atoms with E-state index in [1.54, 1.807) is 0 Å². The molecule has 1 aromatic heterocycles. The molecule has 0 fully saturated rings. The number of benzene rings is 1. The molecule has 0 bridgehead atoms. The Morgan fingerprint density at radius 3 is 2.65 bits per heavy atom. The van der Waals surface area contributed by atoms with Gasteiger partial charge < -0.3 is 10.6 Å². The molecule has 0 unspecified atom stereocenters. The Hall–Kier alpha value is -1.88. The van der Waals surface area contributed by atoms with E-state index in [-0.39, 0.29) is 0 Å². The molecule has 5 heteroatoms. The maximum absolute atomic E-state index is 5.33. The van der Waals surface area contributed by atoms with Crippen molar-refractivity contribution in [2.75, 3.05) is 5.32 Å². The average molecular weight is 288 g/mol. The van der Waals surface area contributed by atoms with Crippen LogP contribution in [0.1, 0.15) is 22.4 Å². The lowest BCUT2D eigenvalue weighted by Gasteiger charge is -2.12. The molecule has 0 aliphatic rings. The molecule has 2 aromatic rings. The first-order chi connectivity index (χ1) is 9.45. The third kappa shape index (κ3) is 3.57. The van der Waals surface area contributed by atoms with Crippen molar-refractivity contribution in [3.05, 3.63) is 46.8 Å². The van der Waals surface area contributed by atoms with Crippen molar-refractivity contribution in [2.24, 2.45) is 7.05 Å². The molecular formula is C15H20N4S. The SMILES string of the molecule is Cc1ccc(NC(=S)NCc2cn(C)nc2C)c(C)c1. The summed E-state index contributed by atoms with van der Waals surface area (Å²) in [6.45, 7) is 6.83. The molecule has 0 aliphatic heterocycles. The van der Waals surface area contributed by atoms with Gasteiger partial charge in [0.1, 0.15) is 0 Å². The maximum atomic E-state index is 5.33. The summed E-state index contributed by atoms with van der Waals surface area (Å²) in [4.78, 5) is 0. The number of aromatic nitrogens is 2. The maximum Gasteiger partial charge on any atom is 0.171 e. The normalized spacial score (nSPS) is 10.4. The summed E-state index contributed by atoms with van der Waals surface area (Å²) < 4.78 is 1.81. The number of hydrogen-bond acceptors (Lipinski definition) is 2. The molecule has 0 aliphatic carbocycles. The fourth-order valence-electron chi connectivity index (χ4n) is 2.12. The fourth-order valence-corrected chi connectivity index (χ4v) is 2.30. The van der Waals surface area contributed by atoms with Crippen LogP contribution in [0.15, 0.2) is 24.4 Å². The largest absolute Gasteiger partial charge is 0.358 e. The van der Waals surface area contributed by atoms with E-state index in [1.165, 1.54) is 11.1 Å². The monoisotopic (exact) mass is 288 g/mol. The highest BCUT2D eigenvalue weighted by Gasteiger charge is 2.05. The molecule has 4 nitrogen and oxygen atoms in total. The van der Waals surface area contributed by atoms with Gasteiger partial charge in [0.05, 0.1) is 5.69 Å². The van der Waals surface area contributed by atoms with Gasteiger partial charge in [-0.1, -0.05) is 17.7 Å².